The highest BCUT2D eigenvalue weighted by atomic mass is 79.9. The van der Waals surface area contributed by atoms with Crippen LogP contribution in [0.3, 0.4) is 0 Å². The average molecular weight is 326 g/mol. The molecule has 90 valence electrons. The summed E-state index contributed by atoms with van der Waals surface area (Å²) in [5, 5.41) is 11.8. The molecule has 1 aromatic heterocycles. The summed E-state index contributed by atoms with van der Waals surface area (Å²) in [5.41, 5.74) is 0.570. The van der Waals surface area contributed by atoms with Crippen molar-refractivity contribution in [3.63, 3.8) is 0 Å². The fourth-order valence-corrected chi connectivity index (χ4v) is 1.89. The minimum atomic E-state index is -0.445. The Morgan fingerprint density at radius 1 is 1.39 bits per heavy atom. The van der Waals surface area contributed by atoms with Gasteiger partial charge in [-0.2, -0.15) is 5.26 Å². The average Bonchev–Trinajstić information content (AvgIpc) is 2.76. The van der Waals surface area contributed by atoms with Crippen LogP contribution in [0.1, 0.15) is 16.1 Å². The number of rotatable bonds is 2. The molecule has 0 atom stereocenters. The molecule has 0 fully saturated rings. The van der Waals surface area contributed by atoms with Gasteiger partial charge in [0.25, 0.3) is 5.91 Å². The Hall–Kier alpha value is -1.77. The monoisotopic (exact) mass is 324 g/mol. The lowest BCUT2D eigenvalue weighted by molar-refractivity contribution is 0.0995. The van der Waals surface area contributed by atoms with Crippen LogP contribution >= 0.6 is 27.5 Å². The maximum Gasteiger partial charge on any atom is 0.291 e. The van der Waals surface area contributed by atoms with Gasteiger partial charge < -0.3 is 9.73 Å². The van der Waals surface area contributed by atoms with Crippen molar-refractivity contribution in [2.24, 2.45) is 0 Å². The summed E-state index contributed by atoms with van der Waals surface area (Å²) in [5.74, 6) is -0.301. The van der Waals surface area contributed by atoms with E-state index in [2.05, 4.69) is 21.2 Å². The summed E-state index contributed by atoms with van der Waals surface area (Å²) in [6.07, 6.45) is 0. The first kappa shape index (κ1) is 12.7. The van der Waals surface area contributed by atoms with Crippen LogP contribution in [-0.4, -0.2) is 5.91 Å². The van der Waals surface area contributed by atoms with Crippen LogP contribution in [0.15, 0.2) is 39.4 Å². The molecule has 1 aromatic carbocycles. The number of carbonyl (C=O) groups excluding carboxylic acids is 1. The van der Waals surface area contributed by atoms with Gasteiger partial charge in [0.15, 0.2) is 10.4 Å². The first-order valence-electron chi connectivity index (χ1n) is 4.87. The molecule has 6 heteroatoms. The maximum absolute atomic E-state index is 11.8. The van der Waals surface area contributed by atoms with Crippen LogP contribution in [-0.2, 0) is 0 Å². The number of hydrogen-bond donors (Lipinski definition) is 1. The van der Waals surface area contributed by atoms with E-state index in [1.54, 1.807) is 24.3 Å². The molecule has 2 aromatic rings. The molecule has 0 bridgehead atoms. The number of halogens is 2. The van der Waals surface area contributed by atoms with Crippen molar-refractivity contribution >= 4 is 39.1 Å². The smallest absolute Gasteiger partial charge is 0.291 e. The molecule has 0 radical (unpaired) electrons. The molecule has 4 nitrogen and oxygen atoms in total. The molecule has 0 spiro atoms. The number of nitrogens with one attached hydrogen (secondary N) is 1. The van der Waals surface area contributed by atoms with E-state index >= 15 is 0 Å². The third kappa shape index (κ3) is 2.55. The fourth-order valence-electron chi connectivity index (χ4n) is 1.36. The Kier molecular flexibility index (Phi) is 3.70. The fraction of sp³-hybridized carbons (Fsp3) is 0. The van der Waals surface area contributed by atoms with E-state index in [4.69, 9.17) is 21.3 Å². The van der Waals surface area contributed by atoms with Crippen LogP contribution in [0, 0.1) is 11.3 Å². The molecule has 0 saturated carbocycles. The van der Waals surface area contributed by atoms with Crippen LogP contribution in [0.25, 0.3) is 0 Å². The number of nitriles is 1. The first-order chi connectivity index (χ1) is 8.61. The SMILES string of the molecule is N#Cc1c(Cl)cccc1NC(=O)c1ccc(Br)o1. The zero-order valence-corrected chi connectivity index (χ0v) is 11.2. The molecular weight excluding hydrogens is 320 g/mol. The topological polar surface area (TPSA) is 66.0 Å². The number of furan rings is 1. The lowest BCUT2D eigenvalue weighted by atomic mass is 10.2. The Bertz CT molecular complexity index is 646. The molecule has 2 rings (SSSR count). The van der Waals surface area contributed by atoms with Crippen molar-refractivity contribution in [2.45, 2.75) is 0 Å². The highest BCUT2D eigenvalue weighted by Crippen LogP contribution is 2.24. The van der Waals surface area contributed by atoms with E-state index in [1.807, 2.05) is 6.07 Å². The molecule has 1 N–H and O–H groups in total. The summed E-state index contributed by atoms with van der Waals surface area (Å²) in [6.45, 7) is 0. The second-order valence-electron chi connectivity index (χ2n) is 3.33. The summed E-state index contributed by atoms with van der Waals surface area (Å²) in [6, 6.07) is 9.90. The number of hydrogen-bond acceptors (Lipinski definition) is 3. The molecule has 1 heterocycles. The number of anilines is 1. The first-order valence-corrected chi connectivity index (χ1v) is 6.04. The van der Waals surface area contributed by atoms with Crippen molar-refractivity contribution in [1.29, 1.82) is 5.26 Å². The van der Waals surface area contributed by atoms with E-state index in [0.29, 0.717) is 10.4 Å². The minimum absolute atomic E-state index is 0.144. The van der Waals surface area contributed by atoms with Crippen molar-refractivity contribution < 1.29 is 9.21 Å². The van der Waals surface area contributed by atoms with Gasteiger partial charge in [0.2, 0.25) is 0 Å². The number of carbonyl (C=O) groups is 1. The third-order valence-electron chi connectivity index (χ3n) is 2.17. The maximum atomic E-state index is 11.8. The normalized spacial score (nSPS) is 9.83. The lowest BCUT2D eigenvalue weighted by Crippen LogP contribution is -2.12. The molecule has 0 aliphatic carbocycles. The van der Waals surface area contributed by atoms with Gasteiger partial charge in [0.1, 0.15) is 6.07 Å². The van der Waals surface area contributed by atoms with Crippen molar-refractivity contribution in [3.05, 3.63) is 51.3 Å². The Morgan fingerprint density at radius 3 is 2.78 bits per heavy atom. The molecule has 0 aliphatic heterocycles. The lowest BCUT2D eigenvalue weighted by Gasteiger charge is -2.06. The van der Waals surface area contributed by atoms with E-state index in [-0.39, 0.29) is 16.3 Å². The van der Waals surface area contributed by atoms with Gasteiger partial charge in [-0.05, 0) is 40.2 Å². The van der Waals surface area contributed by atoms with Gasteiger partial charge in [-0.1, -0.05) is 17.7 Å². The van der Waals surface area contributed by atoms with Gasteiger partial charge in [-0.15, -0.1) is 0 Å². The van der Waals surface area contributed by atoms with Crippen molar-refractivity contribution in [2.75, 3.05) is 5.32 Å². The van der Waals surface area contributed by atoms with E-state index in [9.17, 15) is 4.79 Å². The van der Waals surface area contributed by atoms with Gasteiger partial charge in [0.05, 0.1) is 16.3 Å². The van der Waals surface area contributed by atoms with Crippen LogP contribution in [0.5, 0.6) is 0 Å². The summed E-state index contributed by atoms with van der Waals surface area (Å²) in [7, 11) is 0. The van der Waals surface area contributed by atoms with E-state index < -0.39 is 5.91 Å². The third-order valence-corrected chi connectivity index (χ3v) is 2.91. The summed E-state index contributed by atoms with van der Waals surface area (Å²) in [4.78, 5) is 11.8. The van der Waals surface area contributed by atoms with Gasteiger partial charge in [-0.25, -0.2) is 0 Å². The Morgan fingerprint density at radius 2 is 2.17 bits per heavy atom. The highest BCUT2D eigenvalue weighted by molar-refractivity contribution is 9.10. The van der Waals surface area contributed by atoms with Crippen LogP contribution in [0.4, 0.5) is 5.69 Å². The summed E-state index contributed by atoms with van der Waals surface area (Å²) < 4.78 is 5.57. The number of nitrogens with zero attached hydrogens (tertiary/aromatic N) is 1. The standard InChI is InChI=1S/C12H6BrClN2O2/c13-11-5-4-10(18-11)12(17)16-9-3-1-2-8(14)7(9)6-15/h1-5H,(H,16,17). The second-order valence-corrected chi connectivity index (χ2v) is 4.52. The van der Waals surface area contributed by atoms with Gasteiger partial charge >= 0.3 is 0 Å². The van der Waals surface area contributed by atoms with E-state index in [0.717, 1.165) is 0 Å². The predicted octanol–water partition coefficient (Wildman–Crippen LogP) is 3.82. The van der Waals surface area contributed by atoms with Crippen molar-refractivity contribution in [3.8, 4) is 6.07 Å². The van der Waals surface area contributed by atoms with Gasteiger partial charge in [-0.3, -0.25) is 4.79 Å². The highest BCUT2D eigenvalue weighted by Gasteiger charge is 2.14. The molecule has 0 aliphatic rings. The van der Waals surface area contributed by atoms with Crippen molar-refractivity contribution in [1.82, 2.24) is 0 Å². The molecule has 0 saturated heterocycles. The van der Waals surface area contributed by atoms with Crippen LogP contribution < -0.4 is 5.32 Å². The van der Waals surface area contributed by atoms with Crippen LogP contribution in [0.2, 0.25) is 5.02 Å². The molecule has 18 heavy (non-hydrogen) atoms. The molecule has 1 amide bonds. The van der Waals surface area contributed by atoms with E-state index in [1.165, 1.54) is 6.07 Å². The largest absolute Gasteiger partial charge is 0.444 e. The quantitative estimate of drug-likeness (QED) is 0.912. The Labute approximate surface area is 116 Å². The zero-order valence-electron chi connectivity index (χ0n) is 8.91. The zero-order chi connectivity index (χ0) is 13.1. The summed E-state index contributed by atoms with van der Waals surface area (Å²) >= 11 is 8.96. The molecule has 0 unspecified atom stereocenters. The number of amides is 1. The predicted molar refractivity (Wildman–Crippen MR) is 70.5 cm³/mol. The van der Waals surface area contributed by atoms with Gasteiger partial charge in [0, 0.05) is 0 Å². The second kappa shape index (κ2) is 5.25. The molecular formula is C12H6BrClN2O2. The number of benzene rings is 1. The minimum Gasteiger partial charge on any atom is -0.444 e. The Balaban J connectivity index is 2.28.